The summed E-state index contributed by atoms with van der Waals surface area (Å²) in [5.41, 5.74) is 6.41. The SMILES string of the molecule is Clc1ccc2c(c1)oc1cccc(-c3nc(-c4ccccc4)c4oc5ccccc5c4n3)c12. The molecule has 0 aliphatic rings. The number of benzene rings is 4. The molecule has 33 heavy (non-hydrogen) atoms. The maximum Gasteiger partial charge on any atom is 0.180 e. The lowest BCUT2D eigenvalue weighted by molar-refractivity contribution is 0.667. The van der Waals surface area contributed by atoms with Crippen molar-refractivity contribution in [1.29, 1.82) is 0 Å². The highest BCUT2D eigenvalue weighted by atomic mass is 35.5. The number of para-hydroxylation sites is 1. The molecule has 5 heteroatoms. The van der Waals surface area contributed by atoms with Crippen LogP contribution in [-0.2, 0) is 0 Å². The lowest BCUT2D eigenvalue weighted by atomic mass is 10.0. The molecule has 3 aromatic heterocycles. The highest BCUT2D eigenvalue weighted by Crippen LogP contribution is 2.39. The lowest BCUT2D eigenvalue weighted by Gasteiger charge is -2.07. The summed E-state index contributed by atoms with van der Waals surface area (Å²) in [4.78, 5) is 10.0. The Morgan fingerprint density at radius 3 is 2.36 bits per heavy atom. The molecule has 0 aliphatic heterocycles. The number of fused-ring (bicyclic) bond motifs is 6. The monoisotopic (exact) mass is 446 g/mol. The van der Waals surface area contributed by atoms with Gasteiger partial charge in [0, 0.05) is 38.4 Å². The summed E-state index contributed by atoms with van der Waals surface area (Å²) in [5, 5.41) is 3.55. The average Bonchev–Trinajstić information content (AvgIpc) is 3.41. The van der Waals surface area contributed by atoms with E-state index in [0.717, 1.165) is 55.2 Å². The Balaban J connectivity index is 1.61. The largest absolute Gasteiger partial charge is 0.456 e. The zero-order valence-electron chi connectivity index (χ0n) is 17.2. The smallest absolute Gasteiger partial charge is 0.180 e. The van der Waals surface area contributed by atoms with Gasteiger partial charge in [-0.1, -0.05) is 66.2 Å². The van der Waals surface area contributed by atoms with Crippen LogP contribution in [0.5, 0.6) is 0 Å². The number of hydrogen-bond donors (Lipinski definition) is 0. The molecule has 7 rings (SSSR count). The first-order chi connectivity index (χ1) is 16.3. The van der Waals surface area contributed by atoms with Gasteiger partial charge in [0.25, 0.3) is 0 Å². The number of furan rings is 2. The van der Waals surface area contributed by atoms with Gasteiger partial charge < -0.3 is 8.83 Å². The Bertz CT molecular complexity index is 1830. The van der Waals surface area contributed by atoms with Crippen LogP contribution in [0.15, 0.2) is 99.8 Å². The second kappa shape index (κ2) is 6.92. The first-order valence-corrected chi connectivity index (χ1v) is 11.0. The molecule has 0 N–H and O–H groups in total. The summed E-state index contributed by atoms with van der Waals surface area (Å²) in [5.74, 6) is 0.621. The van der Waals surface area contributed by atoms with E-state index in [1.807, 2.05) is 91.0 Å². The van der Waals surface area contributed by atoms with Crippen molar-refractivity contribution in [3.05, 3.63) is 96.0 Å². The molecule has 0 aliphatic carbocycles. The molecular weight excluding hydrogens is 432 g/mol. The van der Waals surface area contributed by atoms with Crippen molar-refractivity contribution in [1.82, 2.24) is 9.97 Å². The van der Waals surface area contributed by atoms with Gasteiger partial charge in [0.15, 0.2) is 11.4 Å². The second-order valence-corrected chi connectivity index (χ2v) is 8.40. The van der Waals surface area contributed by atoms with Gasteiger partial charge in [0.1, 0.15) is 28.0 Å². The third-order valence-corrected chi connectivity index (χ3v) is 6.20. The Labute approximate surface area is 193 Å². The van der Waals surface area contributed by atoms with Gasteiger partial charge in [-0.05, 0) is 30.3 Å². The molecule has 0 radical (unpaired) electrons. The van der Waals surface area contributed by atoms with Gasteiger partial charge in [-0.2, -0.15) is 0 Å². The predicted octanol–water partition coefficient (Wildman–Crippen LogP) is 8.26. The third kappa shape index (κ3) is 2.78. The fraction of sp³-hybridized carbons (Fsp3) is 0. The van der Waals surface area contributed by atoms with Crippen LogP contribution in [0, 0.1) is 0 Å². The fourth-order valence-corrected chi connectivity index (χ4v) is 4.65. The van der Waals surface area contributed by atoms with E-state index in [0.29, 0.717) is 16.4 Å². The fourth-order valence-electron chi connectivity index (χ4n) is 4.49. The molecule has 0 saturated carbocycles. The summed E-state index contributed by atoms with van der Waals surface area (Å²) in [6.07, 6.45) is 0. The van der Waals surface area contributed by atoms with E-state index in [-0.39, 0.29) is 0 Å². The molecule has 0 unspecified atom stereocenters. The van der Waals surface area contributed by atoms with E-state index in [4.69, 9.17) is 30.4 Å². The highest BCUT2D eigenvalue weighted by molar-refractivity contribution is 6.31. The maximum atomic E-state index is 6.23. The molecule has 4 nitrogen and oxygen atoms in total. The molecule has 3 heterocycles. The molecule has 4 aromatic carbocycles. The van der Waals surface area contributed by atoms with Crippen molar-refractivity contribution < 1.29 is 8.83 Å². The third-order valence-electron chi connectivity index (χ3n) is 5.97. The van der Waals surface area contributed by atoms with Crippen LogP contribution in [0.3, 0.4) is 0 Å². The van der Waals surface area contributed by atoms with E-state index in [1.165, 1.54) is 0 Å². The van der Waals surface area contributed by atoms with E-state index in [9.17, 15) is 0 Å². The maximum absolute atomic E-state index is 6.23. The Kier molecular flexibility index (Phi) is 3.87. The van der Waals surface area contributed by atoms with Crippen LogP contribution in [-0.4, -0.2) is 9.97 Å². The van der Waals surface area contributed by atoms with E-state index in [2.05, 4.69) is 0 Å². The second-order valence-electron chi connectivity index (χ2n) is 7.96. The molecule has 156 valence electrons. The van der Waals surface area contributed by atoms with Crippen molar-refractivity contribution in [2.24, 2.45) is 0 Å². The van der Waals surface area contributed by atoms with E-state index < -0.39 is 0 Å². The van der Waals surface area contributed by atoms with E-state index in [1.54, 1.807) is 0 Å². The number of nitrogens with zero attached hydrogens (tertiary/aromatic N) is 2. The number of hydrogen-bond acceptors (Lipinski definition) is 4. The quantitative estimate of drug-likeness (QED) is 0.268. The molecule has 0 bridgehead atoms. The minimum atomic E-state index is 0.621. The van der Waals surface area contributed by atoms with Crippen LogP contribution >= 0.6 is 11.6 Å². The van der Waals surface area contributed by atoms with Gasteiger partial charge >= 0.3 is 0 Å². The molecule has 0 saturated heterocycles. The van der Waals surface area contributed by atoms with Gasteiger partial charge in [0.05, 0.1) is 0 Å². The topological polar surface area (TPSA) is 52.1 Å². The van der Waals surface area contributed by atoms with Crippen molar-refractivity contribution in [3.63, 3.8) is 0 Å². The van der Waals surface area contributed by atoms with Gasteiger partial charge in [-0.3, -0.25) is 0 Å². The van der Waals surface area contributed by atoms with Crippen LogP contribution in [0.2, 0.25) is 5.02 Å². The molecule has 0 atom stereocenters. The first kappa shape index (κ1) is 18.4. The van der Waals surface area contributed by atoms with Gasteiger partial charge in [-0.25, -0.2) is 9.97 Å². The molecule has 7 aromatic rings. The summed E-state index contributed by atoms with van der Waals surface area (Å²) in [7, 11) is 0. The van der Waals surface area contributed by atoms with Gasteiger partial charge in [0.2, 0.25) is 0 Å². The molecular formula is C28H15ClN2O2. The summed E-state index contributed by atoms with van der Waals surface area (Å²) in [6, 6.07) is 29.7. The van der Waals surface area contributed by atoms with Crippen molar-refractivity contribution in [3.8, 4) is 22.6 Å². The normalized spacial score (nSPS) is 11.8. The van der Waals surface area contributed by atoms with Crippen molar-refractivity contribution in [2.75, 3.05) is 0 Å². The Morgan fingerprint density at radius 2 is 1.45 bits per heavy atom. The number of rotatable bonds is 2. The molecule has 0 amide bonds. The lowest BCUT2D eigenvalue weighted by Crippen LogP contribution is -1.94. The number of aromatic nitrogens is 2. The minimum absolute atomic E-state index is 0.621. The Morgan fingerprint density at radius 1 is 0.636 bits per heavy atom. The van der Waals surface area contributed by atoms with Crippen LogP contribution in [0.4, 0.5) is 0 Å². The Hall–Kier alpha value is -4.15. The zero-order chi connectivity index (χ0) is 21.9. The first-order valence-electron chi connectivity index (χ1n) is 10.6. The van der Waals surface area contributed by atoms with Crippen molar-refractivity contribution >= 4 is 55.6 Å². The van der Waals surface area contributed by atoms with Crippen LogP contribution in [0.25, 0.3) is 66.7 Å². The van der Waals surface area contributed by atoms with Crippen molar-refractivity contribution in [2.45, 2.75) is 0 Å². The average molecular weight is 447 g/mol. The van der Waals surface area contributed by atoms with Crippen LogP contribution < -0.4 is 0 Å². The summed E-state index contributed by atoms with van der Waals surface area (Å²) >= 11 is 6.20. The minimum Gasteiger partial charge on any atom is -0.456 e. The predicted molar refractivity (Wildman–Crippen MR) is 132 cm³/mol. The molecule has 0 fully saturated rings. The van der Waals surface area contributed by atoms with E-state index >= 15 is 0 Å². The standard InChI is InChI=1S/C28H15ClN2O2/c29-17-13-14-18-23(15-17)32-22-12-6-10-20(24(18)22)28-30-25(16-7-2-1-3-8-16)27-26(31-28)19-9-4-5-11-21(19)33-27/h1-15H. The van der Waals surface area contributed by atoms with Gasteiger partial charge in [-0.15, -0.1) is 0 Å². The summed E-state index contributed by atoms with van der Waals surface area (Å²) < 4.78 is 12.3. The highest BCUT2D eigenvalue weighted by Gasteiger charge is 2.20. The molecule has 0 spiro atoms. The number of halogens is 1. The summed E-state index contributed by atoms with van der Waals surface area (Å²) in [6.45, 7) is 0. The van der Waals surface area contributed by atoms with Crippen LogP contribution in [0.1, 0.15) is 0 Å². The zero-order valence-corrected chi connectivity index (χ0v) is 18.0.